The lowest BCUT2D eigenvalue weighted by atomic mass is 9.96. The number of halogens is 2. The minimum absolute atomic E-state index is 0.0441. The predicted molar refractivity (Wildman–Crippen MR) is 105 cm³/mol. The molecule has 1 atom stereocenters. The number of hydrogen-bond acceptors (Lipinski definition) is 3. The number of piperidine rings is 1. The molecule has 1 aliphatic rings. The van der Waals surface area contributed by atoms with E-state index >= 15 is 0 Å². The normalized spacial score (nSPS) is 16.6. The topological polar surface area (TPSA) is 58.6 Å². The highest BCUT2D eigenvalue weighted by Gasteiger charge is 2.29. The number of nitrogens with one attached hydrogen (secondary N) is 1. The van der Waals surface area contributed by atoms with Crippen LogP contribution in [0.15, 0.2) is 48.5 Å². The summed E-state index contributed by atoms with van der Waals surface area (Å²) in [5.74, 6) is -0.569. The number of likely N-dealkylation sites (tertiary alicyclic amines) is 1. The Morgan fingerprint density at radius 1 is 1.17 bits per heavy atom. The van der Waals surface area contributed by atoms with Crippen molar-refractivity contribution in [3.8, 4) is 5.75 Å². The number of amides is 2. The number of aryl methyl sites for hydroxylation is 1. The Morgan fingerprint density at radius 3 is 2.62 bits per heavy atom. The van der Waals surface area contributed by atoms with Gasteiger partial charge in [0, 0.05) is 30.8 Å². The van der Waals surface area contributed by atoms with E-state index in [2.05, 4.69) is 10.1 Å². The molecule has 1 N–H and O–H groups in total. The summed E-state index contributed by atoms with van der Waals surface area (Å²) in [7, 11) is 0. The third-order valence-electron chi connectivity index (χ3n) is 5.02. The molecule has 1 aliphatic heterocycles. The molecule has 2 amide bonds. The zero-order valence-electron chi connectivity index (χ0n) is 16.2. The second-order valence-corrected chi connectivity index (χ2v) is 7.16. The maximum absolute atomic E-state index is 12.7. The summed E-state index contributed by atoms with van der Waals surface area (Å²) in [5.41, 5.74) is 2.16. The number of benzene rings is 2. The van der Waals surface area contributed by atoms with Crippen molar-refractivity contribution in [2.45, 2.75) is 32.9 Å². The molecule has 0 saturated carbocycles. The lowest BCUT2D eigenvalue weighted by Crippen LogP contribution is -2.45. The number of carbonyl (C=O) groups excluding carboxylic acids is 2. The number of ether oxygens (including phenoxy) is 1. The van der Waals surface area contributed by atoms with Gasteiger partial charge in [0.05, 0.1) is 5.92 Å². The molecule has 1 heterocycles. The van der Waals surface area contributed by atoms with Crippen LogP contribution in [-0.4, -0.2) is 36.4 Å². The molecule has 0 aromatic heterocycles. The van der Waals surface area contributed by atoms with Crippen molar-refractivity contribution >= 4 is 11.8 Å². The largest absolute Gasteiger partial charge is 0.434 e. The average molecular weight is 402 g/mol. The van der Waals surface area contributed by atoms with Crippen LogP contribution >= 0.6 is 0 Å². The van der Waals surface area contributed by atoms with Crippen molar-refractivity contribution in [1.29, 1.82) is 0 Å². The number of carbonyl (C=O) groups is 2. The van der Waals surface area contributed by atoms with Gasteiger partial charge in [0.25, 0.3) is 5.91 Å². The van der Waals surface area contributed by atoms with Crippen molar-refractivity contribution < 1.29 is 23.1 Å². The molecule has 0 radical (unpaired) electrons. The molecule has 2 aromatic carbocycles. The third kappa shape index (κ3) is 5.53. The van der Waals surface area contributed by atoms with Gasteiger partial charge in [-0.15, -0.1) is 0 Å². The molecular formula is C22H24F2N2O3. The zero-order valence-corrected chi connectivity index (χ0v) is 16.2. The summed E-state index contributed by atoms with van der Waals surface area (Å²) in [4.78, 5) is 27.0. The van der Waals surface area contributed by atoms with Gasteiger partial charge in [-0.3, -0.25) is 9.59 Å². The summed E-state index contributed by atoms with van der Waals surface area (Å²) in [6.07, 6.45) is 1.42. The second kappa shape index (κ2) is 9.49. The molecule has 0 bridgehead atoms. The predicted octanol–water partition coefficient (Wildman–Crippen LogP) is 3.77. The SMILES string of the molecule is Cc1ccc(C(=O)N2CCCC(C(=O)NCc3ccccc3OC(F)F)C2)cc1. The van der Waals surface area contributed by atoms with Crippen LogP contribution in [0.2, 0.25) is 0 Å². The van der Waals surface area contributed by atoms with Crippen LogP contribution in [0.4, 0.5) is 8.78 Å². The average Bonchev–Trinajstić information content (AvgIpc) is 2.72. The van der Waals surface area contributed by atoms with Crippen LogP contribution in [0.3, 0.4) is 0 Å². The molecule has 154 valence electrons. The van der Waals surface area contributed by atoms with E-state index < -0.39 is 6.61 Å². The quantitative estimate of drug-likeness (QED) is 0.800. The molecule has 5 nitrogen and oxygen atoms in total. The summed E-state index contributed by atoms with van der Waals surface area (Å²) in [6, 6.07) is 13.7. The number of nitrogens with zero attached hydrogens (tertiary/aromatic N) is 1. The number of rotatable bonds is 6. The molecule has 0 aliphatic carbocycles. The molecule has 2 aromatic rings. The van der Waals surface area contributed by atoms with E-state index in [1.165, 1.54) is 6.07 Å². The lowest BCUT2D eigenvalue weighted by molar-refractivity contribution is -0.126. The van der Waals surface area contributed by atoms with Crippen LogP contribution in [-0.2, 0) is 11.3 Å². The number of alkyl halides is 2. The third-order valence-corrected chi connectivity index (χ3v) is 5.02. The van der Waals surface area contributed by atoms with Gasteiger partial charge in [0.1, 0.15) is 5.75 Å². The summed E-state index contributed by atoms with van der Waals surface area (Å²) in [6.45, 7) is 0.0749. The maximum atomic E-state index is 12.7. The lowest BCUT2D eigenvalue weighted by Gasteiger charge is -2.32. The standard InChI is InChI=1S/C22H24F2N2O3/c1-15-8-10-16(11-9-15)21(28)26-12-4-6-18(14-26)20(27)25-13-17-5-2-3-7-19(17)29-22(23)24/h2-3,5,7-11,18,22H,4,6,12-14H2,1H3,(H,25,27). The Morgan fingerprint density at radius 2 is 1.90 bits per heavy atom. The number of hydrogen-bond donors (Lipinski definition) is 1. The van der Waals surface area contributed by atoms with E-state index in [0.29, 0.717) is 30.6 Å². The van der Waals surface area contributed by atoms with Crippen LogP contribution in [0.25, 0.3) is 0 Å². The first-order chi connectivity index (χ1) is 13.9. The molecule has 29 heavy (non-hydrogen) atoms. The monoisotopic (exact) mass is 402 g/mol. The van der Waals surface area contributed by atoms with Gasteiger partial charge in [0.15, 0.2) is 0 Å². The van der Waals surface area contributed by atoms with E-state index in [4.69, 9.17) is 0 Å². The van der Waals surface area contributed by atoms with Crippen LogP contribution in [0.5, 0.6) is 5.75 Å². The van der Waals surface area contributed by atoms with Gasteiger partial charge in [-0.1, -0.05) is 35.9 Å². The van der Waals surface area contributed by atoms with Crippen molar-refractivity contribution in [2.24, 2.45) is 5.92 Å². The first kappa shape index (κ1) is 20.8. The van der Waals surface area contributed by atoms with E-state index in [0.717, 1.165) is 12.0 Å². The first-order valence-electron chi connectivity index (χ1n) is 9.60. The van der Waals surface area contributed by atoms with E-state index in [-0.39, 0.29) is 30.0 Å². The fourth-order valence-electron chi connectivity index (χ4n) is 3.44. The Bertz CT molecular complexity index is 855. The Balaban J connectivity index is 1.59. The van der Waals surface area contributed by atoms with Gasteiger partial charge >= 0.3 is 6.61 Å². The molecule has 3 rings (SSSR count). The summed E-state index contributed by atoms with van der Waals surface area (Å²) >= 11 is 0. The molecule has 1 saturated heterocycles. The van der Waals surface area contributed by atoms with Gasteiger partial charge < -0.3 is 15.0 Å². The first-order valence-corrected chi connectivity index (χ1v) is 9.60. The van der Waals surface area contributed by atoms with Crippen molar-refractivity contribution in [2.75, 3.05) is 13.1 Å². The van der Waals surface area contributed by atoms with Crippen LogP contribution in [0.1, 0.15) is 34.3 Å². The fourth-order valence-corrected chi connectivity index (χ4v) is 3.44. The van der Waals surface area contributed by atoms with Crippen molar-refractivity contribution in [3.63, 3.8) is 0 Å². The van der Waals surface area contributed by atoms with E-state index in [1.807, 2.05) is 19.1 Å². The minimum Gasteiger partial charge on any atom is -0.434 e. The summed E-state index contributed by atoms with van der Waals surface area (Å²) in [5, 5.41) is 2.79. The van der Waals surface area contributed by atoms with Gasteiger partial charge in [-0.05, 0) is 38.0 Å². The Hall–Kier alpha value is -2.96. The highest BCUT2D eigenvalue weighted by Crippen LogP contribution is 2.22. The van der Waals surface area contributed by atoms with Gasteiger partial charge in [0.2, 0.25) is 5.91 Å². The maximum Gasteiger partial charge on any atom is 0.387 e. The highest BCUT2D eigenvalue weighted by molar-refractivity contribution is 5.94. The molecule has 1 unspecified atom stereocenters. The molecular weight excluding hydrogens is 378 g/mol. The Labute approximate surface area is 168 Å². The van der Waals surface area contributed by atoms with E-state index in [1.54, 1.807) is 35.2 Å². The van der Waals surface area contributed by atoms with Gasteiger partial charge in [-0.2, -0.15) is 8.78 Å². The molecule has 0 spiro atoms. The smallest absolute Gasteiger partial charge is 0.387 e. The zero-order chi connectivity index (χ0) is 20.8. The summed E-state index contributed by atoms with van der Waals surface area (Å²) < 4.78 is 29.5. The number of para-hydroxylation sites is 1. The molecule has 1 fully saturated rings. The highest BCUT2D eigenvalue weighted by atomic mass is 19.3. The van der Waals surface area contributed by atoms with Crippen LogP contribution in [0, 0.1) is 12.8 Å². The van der Waals surface area contributed by atoms with E-state index in [9.17, 15) is 18.4 Å². The molecule has 7 heteroatoms. The second-order valence-electron chi connectivity index (χ2n) is 7.16. The van der Waals surface area contributed by atoms with Crippen LogP contribution < -0.4 is 10.1 Å². The Kier molecular flexibility index (Phi) is 6.80. The van der Waals surface area contributed by atoms with Gasteiger partial charge in [-0.25, -0.2) is 0 Å². The van der Waals surface area contributed by atoms with Crippen molar-refractivity contribution in [3.05, 3.63) is 65.2 Å². The van der Waals surface area contributed by atoms with Crippen molar-refractivity contribution in [1.82, 2.24) is 10.2 Å². The minimum atomic E-state index is -2.92. The fraction of sp³-hybridized carbons (Fsp3) is 0.364.